The molecule has 0 aliphatic rings. The van der Waals surface area contributed by atoms with Gasteiger partial charge in [-0.2, -0.15) is 4.98 Å². The van der Waals surface area contributed by atoms with Crippen LogP contribution in [0.4, 0.5) is 26.2 Å². The summed E-state index contributed by atoms with van der Waals surface area (Å²) in [6, 6.07) is 2.41. The van der Waals surface area contributed by atoms with Crippen molar-refractivity contribution in [1.29, 1.82) is 0 Å². The van der Waals surface area contributed by atoms with Gasteiger partial charge in [0.05, 0.1) is 11.7 Å². The average Bonchev–Trinajstić information content (AvgIpc) is 2.75. The summed E-state index contributed by atoms with van der Waals surface area (Å²) in [7, 11) is 0. The van der Waals surface area contributed by atoms with Crippen LogP contribution >= 0.6 is 0 Å². The summed E-state index contributed by atoms with van der Waals surface area (Å²) in [6.45, 7) is 0. The highest BCUT2D eigenvalue weighted by Crippen LogP contribution is 2.24. The van der Waals surface area contributed by atoms with Crippen LogP contribution < -0.4 is 16.8 Å². The molecular weight excluding hydrogens is 272 g/mol. The lowest BCUT2D eigenvalue weighted by Gasteiger charge is -2.06. The number of halogens is 2. The largest absolute Gasteiger partial charge is 0.417 e. The van der Waals surface area contributed by atoms with Gasteiger partial charge in [-0.05, 0) is 6.07 Å². The molecule has 0 unspecified atom stereocenters. The van der Waals surface area contributed by atoms with Crippen molar-refractivity contribution in [1.82, 2.24) is 15.0 Å². The monoisotopic (exact) mass is 279 g/mol. The summed E-state index contributed by atoms with van der Waals surface area (Å²) < 4.78 is 31.8. The smallest absolute Gasteiger partial charge is 0.405 e. The molecule has 2 heterocycles. The summed E-state index contributed by atoms with van der Waals surface area (Å²) in [4.78, 5) is 20.4. The van der Waals surface area contributed by atoms with Crippen LogP contribution in [0.2, 0.25) is 0 Å². The van der Waals surface area contributed by atoms with E-state index in [1.165, 1.54) is 6.07 Å². The lowest BCUT2D eigenvalue weighted by molar-refractivity contribution is 0.523. The topological polar surface area (TPSA) is 110 Å². The van der Waals surface area contributed by atoms with Crippen LogP contribution in [0.25, 0.3) is 11.1 Å². The Morgan fingerprint density at radius 1 is 1.30 bits per heavy atom. The molecular formula is C11H7F2N5O2. The van der Waals surface area contributed by atoms with E-state index >= 15 is 0 Å². The summed E-state index contributed by atoms with van der Waals surface area (Å²) in [5, 5.41) is 2.55. The predicted molar refractivity (Wildman–Crippen MR) is 66.5 cm³/mol. The number of H-pyrrole nitrogens is 1. The lowest BCUT2D eigenvalue weighted by Crippen LogP contribution is -2.02. The minimum absolute atomic E-state index is 0.132. The summed E-state index contributed by atoms with van der Waals surface area (Å²) in [5.41, 5.74) is 5.44. The highest BCUT2D eigenvalue weighted by molar-refractivity contribution is 5.78. The Labute approximate surface area is 109 Å². The van der Waals surface area contributed by atoms with Crippen LogP contribution in [-0.2, 0) is 0 Å². The zero-order chi connectivity index (χ0) is 14.3. The Kier molecular flexibility index (Phi) is 2.60. The molecule has 9 heteroatoms. The van der Waals surface area contributed by atoms with E-state index in [0.717, 1.165) is 12.3 Å². The normalized spacial score (nSPS) is 10.9. The molecule has 1 aromatic carbocycles. The molecule has 0 aliphatic heterocycles. The molecule has 7 nitrogen and oxygen atoms in total. The van der Waals surface area contributed by atoms with Gasteiger partial charge in [0, 0.05) is 11.8 Å². The molecule has 102 valence electrons. The van der Waals surface area contributed by atoms with E-state index in [2.05, 4.69) is 24.7 Å². The zero-order valence-corrected chi connectivity index (χ0v) is 9.78. The van der Waals surface area contributed by atoms with Crippen molar-refractivity contribution in [2.45, 2.75) is 0 Å². The Balaban J connectivity index is 2.06. The number of nitrogens with two attached hydrogens (primary N) is 1. The van der Waals surface area contributed by atoms with Crippen molar-refractivity contribution in [3.63, 3.8) is 0 Å². The number of nitrogen functional groups attached to an aromatic ring is 1. The van der Waals surface area contributed by atoms with Gasteiger partial charge in [-0.15, -0.1) is 0 Å². The molecule has 0 atom stereocenters. The minimum atomic E-state index is -0.784. The highest BCUT2D eigenvalue weighted by atomic mass is 19.1. The maximum atomic E-state index is 13.7. The second-order valence-electron chi connectivity index (χ2n) is 3.90. The third-order valence-electron chi connectivity index (χ3n) is 2.50. The Bertz CT molecular complexity index is 858. The molecule has 0 spiro atoms. The molecule has 0 radical (unpaired) electrons. The van der Waals surface area contributed by atoms with E-state index in [4.69, 9.17) is 5.73 Å². The molecule has 3 aromatic rings. The van der Waals surface area contributed by atoms with E-state index in [-0.39, 0.29) is 28.6 Å². The predicted octanol–water partition coefficient (Wildman–Crippen LogP) is 1.52. The van der Waals surface area contributed by atoms with E-state index in [0.29, 0.717) is 0 Å². The van der Waals surface area contributed by atoms with Crippen LogP contribution in [0.15, 0.2) is 27.5 Å². The fraction of sp³-hybridized carbons (Fsp3) is 0. The van der Waals surface area contributed by atoms with Crippen molar-refractivity contribution in [3.05, 3.63) is 40.5 Å². The van der Waals surface area contributed by atoms with Gasteiger partial charge in [-0.25, -0.2) is 18.6 Å². The molecule has 2 aromatic heterocycles. The first-order chi connectivity index (χ1) is 9.52. The Morgan fingerprint density at radius 2 is 2.10 bits per heavy atom. The molecule has 3 rings (SSSR count). The SMILES string of the molecule is Nc1ncc(F)c(Nc2cc(F)c3oc(=O)[nH]c3c2)n1. The number of aromatic amines is 1. The number of rotatable bonds is 2. The first-order valence-electron chi connectivity index (χ1n) is 5.40. The van der Waals surface area contributed by atoms with Gasteiger partial charge in [-0.1, -0.05) is 0 Å². The summed E-state index contributed by atoms with van der Waals surface area (Å²) >= 11 is 0. The zero-order valence-electron chi connectivity index (χ0n) is 9.78. The van der Waals surface area contributed by atoms with Crippen molar-refractivity contribution in [2.75, 3.05) is 11.1 Å². The maximum absolute atomic E-state index is 13.7. The number of oxazole rings is 1. The molecule has 0 fully saturated rings. The third kappa shape index (κ3) is 2.05. The van der Waals surface area contributed by atoms with Crippen LogP contribution in [0.1, 0.15) is 0 Å². The Hall–Kier alpha value is -2.97. The molecule has 0 aliphatic carbocycles. The van der Waals surface area contributed by atoms with Gasteiger partial charge >= 0.3 is 5.76 Å². The number of hydrogen-bond acceptors (Lipinski definition) is 6. The molecule has 20 heavy (non-hydrogen) atoms. The fourth-order valence-corrected chi connectivity index (χ4v) is 1.70. The van der Waals surface area contributed by atoms with Crippen LogP contribution in [0.3, 0.4) is 0 Å². The van der Waals surface area contributed by atoms with Crippen molar-refractivity contribution in [2.24, 2.45) is 0 Å². The minimum Gasteiger partial charge on any atom is -0.405 e. The van der Waals surface area contributed by atoms with Crippen LogP contribution in [0.5, 0.6) is 0 Å². The van der Waals surface area contributed by atoms with Crippen LogP contribution in [0, 0.1) is 11.6 Å². The number of nitrogens with zero attached hydrogens (tertiary/aromatic N) is 2. The Morgan fingerprint density at radius 3 is 2.90 bits per heavy atom. The summed E-state index contributed by atoms with van der Waals surface area (Å²) in [5.74, 6) is -2.64. The van der Waals surface area contributed by atoms with Gasteiger partial charge in [-0.3, -0.25) is 4.98 Å². The second kappa shape index (κ2) is 4.30. The first-order valence-corrected chi connectivity index (χ1v) is 5.40. The lowest BCUT2D eigenvalue weighted by atomic mass is 10.2. The second-order valence-corrected chi connectivity index (χ2v) is 3.90. The van der Waals surface area contributed by atoms with Crippen molar-refractivity contribution < 1.29 is 13.2 Å². The number of nitrogens with one attached hydrogen (secondary N) is 2. The molecule has 4 N–H and O–H groups in total. The number of aromatic nitrogens is 3. The van der Waals surface area contributed by atoms with E-state index in [9.17, 15) is 13.6 Å². The molecule has 0 saturated heterocycles. The van der Waals surface area contributed by atoms with Gasteiger partial charge in [0.25, 0.3) is 0 Å². The molecule has 0 bridgehead atoms. The van der Waals surface area contributed by atoms with Gasteiger partial charge in [0.2, 0.25) is 5.95 Å². The van der Waals surface area contributed by atoms with Crippen LogP contribution in [-0.4, -0.2) is 15.0 Å². The van der Waals surface area contributed by atoms with Gasteiger partial charge < -0.3 is 15.5 Å². The standard InChI is InChI=1S/C11H7F2N5O2/c12-5-1-4(2-7-8(5)20-11(19)17-7)16-9-6(13)3-15-10(14)18-9/h1-3H,(H,17,19)(H3,14,15,16,18). The highest BCUT2D eigenvalue weighted by Gasteiger charge is 2.11. The van der Waals surface area contributed by atoms with E-state index in [1.807, 2.05) is 0 Å². The van der Waals surface area contributed by atoms with E-state index < -0.39 is 17.4 Å². The number of fused-ring (bicyclic) bond motifs is 1. The third-order valence-corrected chi connectivity index (χ3v) is 2.50. The molecule has 0 amide bonds. The van der Waals surface area contributed by atoms with Gasteiger partial charge in [0.1, 0.15) is 0 Å². The number of hydrogen-bond donors (Lipinski definition) is 3. The van der Waals surface area contributed by atoms with E-state index in [1.54, 1.807) is 0 Å². The van der Waals surface area contributed by atoms with Crippen molar-refractivity contribution in [3.8, 4) is 0 Å². The summed E-state index contributed by atoms with van der Waals surface area (Å²) in [6.07, 6.45) is 0.888. The van der Waals surface area contributed by atoms with Gasteiger partial charge in [0.15, 0.2) is 23.0 Å². The van der Waals surface area contributed by atoms with Crippen molar-refractivity contribution >= 4 is 28.6 Å². The number of benzene rings is 1. The average molecular weight is 279 g/mol. The maximum Gasteiger partial charge on any atom is 0.417 e. The number of anilines is 3. The fourth-order valence-electron chi connectivity index (χ4n) is 1.70. The first kappa shape index (κ1) is 12.1. The molecule has 0 saturated carbocycles. The quantitative estimate of drug-likeness (QED) is 0.656.